The second-order valence-electron chi connectivity index (χ2n) is 12.1. The average molecular weight is 725 g/mol. The number of nitrogen functional groups attached to an aromatic ring is 1. The van der Waals surface area contributed by atoms with Crippen molar-refractivity contribution in [1.29, 1.82) is 5.41 Å². The van der Waals surface area contributed by atoms with Crippen LogP contribution in [-0.2, 0) is 21.4 Å². The number of amides is 2. The van der Waals surface area contributed by atoms with Crippen molar-refractivity contribution in [2.75, 3.05) is 32.7 Å². The van der Waals surface area contributed by atoms with E-state index in [-0.39, 0.29) is 77.6 Å². The Balaban J connectivity index is 1.16. The number of halogens is 2. The summed E-state index contributed by atoms with van der Waals surface area (Å²) in [4.78, 5) is 38.6. The van der Waals surface area contributed by atoms with Gasteiger partial charge in [-0.15, -0.1) is 0 Å². The Hall–Kier alpha value is -4.30. The summed E-state index contributed by atoms with van der Waals surface area (Å²) in [6.07, 6.45) is 2.24. The molecule has 256 valence electrons. The molecule has 2 saturated heterocycles. The monoisotopic (exact) mass is 723 g/mol. The van der Waals surface area contributed by atoms with Gasteiger partial charge in [0.15, 0.2) is 0 Å². The average Bonchev–Trinajstić information content (AvgIpc) is 3.59. The number of pyridine rings is 2. The first-order valence-corrected chi connectivity index (χ1v) is 17.9. The van der Waals surface area contributed by atoms with Crippen LogP contribution in [0.15, 0.2) is 59.6 Å². The molecule has 0 aliphatic carbocycles. The third kappa shape index (κ3) is 6.80. The number of nitrogens with two attached hydrogens (primary N) is 1. The zero-order valence-electron chi connectivity index (χ0n) is 26.9. The van der Waals surface area contributed by atoms with Gasteiger partial charge in [-0.25, -0.2) is 13.4 Å². The van der Waals surface area contributed by atoms with Crippen LogP contribution in [0.3, 0.4) is 0 Å². The van der Waals surface area contributed by atoms with Crippen LogP contribution in [-0.4, -0.2) is 88.9 Å². The lowest BCUT2D eigenvalue weighted by Crippen LogP contribution is -2.55. The van der Waals surface area contributed by atoms with Crippen molar-refractivity contribution in [3.63, 3.8) is 0 Å². The lowest BCUT2D eigenvalue weighted by molar-refractivity contribution is -0.136. The quantitative estimate of drug-likeness (QED) is 0.198. The number of amidine groups is 1. The van der Waals surface area contributed by atoms with Gasteiger partial charge in [-0.2, -0.15) is 4.31 Å². The van der Waals surface area contributed by atoms with Crippen LogP contribution >= 0.6 is 23.2 Å². The van der Waals surface area contributed by atoms with E-state index in [4.69, 9.17) is 39.1 Å². The van der Waals surface area contributed by atoms with E-state index in [1.807, 2.05) is 32.0 Å². The standard InChI is InChI=1S/C34H35Cl2N7O5S/c1-20-17-21(2)40-31-23(20)5-3-7-28(31)48-19-24-25(35)9-11-29(30(24)36)49(46,47)43-12-4-6-27(43)34(45)42-15-13-41(14-16-42)33(44)26-10-8-22(18-39-26)32(37)38/h3,5,7-11,17-18,27H,4,6,12-16,19H2,1-2H3,(H3,37,38). The smallest absolute Gasteiger partial charge is 0.272 e. The summed E-state index contributed by atoms with van der Waals surface area (Å²) in [6.45, 7) is 4.96. The number of para-hydroxylation sites is 1. The minimum atomic E-state index is -4.21. The molecule has 1 atom stereocenters. The summed E-state index contributed by atoms with van der Waals surface area (Å²) >= 11 is 13.3. The highest BCUT2D eigenvalue weighted by Crippen LogP contribution is 2.37. The molecule has 0 radical (unpaired) electrons. The molecule has 49 heavy (non-hydrogen) atoms. The van der Waals surface area contributed by atoms with Gasteiger partial charge in [-0.05, 0) is 68.7 Å². The number of rotatable bonds is 8. The Morgan fingerprint density at radius 2 is 1.76 bits per heavy atom. The van der Waals surface area contributed by atoms with E-state index in [0.717, 1.165) is 16.6 Å². The summed E-state index contributed by atoms with van der Waals surface area (Å²) in [5, 5.41) is 8.61. The van der Waals surface area contributed by atoms with Gasteiger partial charge in [0.25, 0.3) is 5.91 Å². The predicted octanol–water partition coefficient (Wildman–Crippen LogP) is 4.55. The third-order valence-corrected chi connectivity index (χ3v) is 11.8. The molecular formula is C34H35Cl2N7O5S. The van der Waals surface area contributed by atoms with Crippen molar-refractivity contribution < 1.29 is 22.7 Å². The van der Waals surface area contributed by atoms with Crippen LogP contribution < -0.4 is 10.5 Å². The minimum Gasteiger partial charge on any atom is -0.487 e. The highest BCUT2D eigenvalue weighted by atomic mass is 35.5. The van der Waals surface area contributed by atoms with E-state index < -0.39 is 16.1 Å². The molecule has 2 aliphatic heterocycles. The molecule has 6 rings (SSSR count). The first kappa shape index (κ1) is 34.6. The molecule has 4 heterocycles. The number of hydrogen-bond acceptors (Lipinski definition) is 8. The molecule has 15 heteroatoms. The number of benzene rings is 2. The lowest BCUT2D eigenvalue weighted by atomic mass is 10.1. The highest BCUT2D eigenvalue weighted by Gasteiger charge is 2.43. The molecule has 1 unspecified atom stereocenters. The van der Waals surface area contributed by atoms with Crippen molar-refractivity contribution in [2.45, 2.75) is 44.2 Å². The van der Waals surface area contributed by atoms with E-state index in [1.165, 1.54) is 28.7 Å². The number of nitrogens with zero attached hydrogens (tertiary/aromatic N) is 5. The zero-order chi connectivity index (χ0) is 35.0. The maximum atomic E-state index is 14.1. The Kier molecular flexibility index (Phi) is 9.81. The number of fused-ring (bicyclic) bond motifs is 1. The fraction of sp³-hybridized carbons (Fsp3) is 0.324. The van der Waals surface area contributed by atoms with Crippen molar-refractivity contribution in [3.05, 3.63) is 92.9 Å². The second kappa shape index (κ2) is 13.9. The Morgan fingerprint density at radius 1 is 1.02 bits per heavy atom. The van der Waals surface area contributed by atoms with Gasteiger partial charge >= 0.3 is 0 Å². The van der Waals surface area contributed by atoms with Crippen molar-refractivity contribution in [3.8, 4) is 5.75 Å². The van der Waals surface area contributed by atoms with Crippen LogP contribution in [0.5, 0.6) is 5.75 Å². The summed E-state index contributed by atoms with van der Waals surface area (Å²) < 4.78 is 35.5. The summed E-state index contributed by atoms with van der Waals surface area (Å²) in [5.74, 6) is -0.251. The van der Waals surface area contributed by atoms with Crippen LogP contribution in [0.2, 0.25) is 10.0 Å². The highest BCUT2D eigenvalue weighted by molar-refractivity contribution is 7.89. The number of hydrogen-bond donors (Lipinski definition) is 2. The van der Waals surface area contributed by atoms with Gasteiger partial charge in [-0.1, -0.05) is 35.3 Å². The molecular weight excluding hydrogens is 689 g/mol. The Bertz CT molecular complexity index is 2070. The van der Waals surface area contributed by atoms with Crippen molar-refractivity contribution in [1.82, 2.24) is 24.1 Å². The SMILES string of the molecule is Cc1cc(C)c2cccc(OCc3c(Cl)ccc(S(=O)(=O)N4CCCC4C(=O)N4CCN(C(=O)c5ccc(C(=N)N)cn5)CC4)c3Cl)c2n1. The zero-order valence-corrected chi connectivity index (χ0v) is 29.3. The Labute approximate surface area is 294 Å². The van der Waals surface area contributed by atoms with E-state index in [1.54, 1.807) is 21.9 Å². The number of aryl methyl sites for hydroxylation is 2. The second-order valence-corrected chi connectivity index (χ2v) is 14.7. The van der Waals surface area contributed by atoms with Gasteiger partial charge in [0, 0.05) is 66.2 Å². The van der Waals surface area contributed by atoms with Crippen LogP contribution in [0.25, 0.3) is 10.9 Å². The van der Waals surface area contributed by atoms with E-state index in [9.17, 15) is 18.0 Å². The normalized spacial score (nSPS) is 17.0. The molecule has 2 amide bonds. The van der Waals surface area contributed by atoms with Gasteiger partial charge in [0.05, 0.1) is 5.02 Å². The number of ether oxygens (including phenoxy) is 1. The fourth-order valence-corrected chi connectivity index (χ4v) is 8.83. The number of carbonyl (C=O) groups excluding carboxylic acids is 2. The number of nitrogens with one attached hydrogen (secondary N) is 1. The van der Waals surface area contributed by atoms with E-state index >= 15 is 0 Å². The largest absolute Gasteiger partial charge is 0.487 e. The third-order valence-electron chi connectivity index (χ3n) is 8.91. The van der Waals surface area contributed by atoms with Crippen LogP contribution in [0, 0.1) is 19.3 Å². The fourth-order valence-electron chi connectivity index (χ4n) is 6.31. The minimum absolute atomic E-state index is 0.0665. The van der Waals surface area contributed by atoms with Gasteiger partial charge in [-0.3, -0.25) is 20.0 Å². The van der Waals surface area contributed by atoms with Crippen LogP contribution in [0.1, 0.15) is 45.7 Å². The summed E-state index contributed by atoms with van der Waals surface area (Å²) in [7, 11) is -4.21. The topological polar surface area (TPSA) is 163 Å². The van der Waals surface area contributed by atoms with E-state index in [2.05, 4.69) is 9.97 Å². The number of sulfonamides is 1. The molecule has 12 nitrogen and oxygen atoms in total. The Morgan fingerprint density at radius 3 is 2.45 bits per heavy atom. The molecule has 0 spiro atoms. The summed E-state index contributed by atoms with van der Waals surface area (Å²) in [5.41, 5.74) is 8.97. The number of carbonyl (C=O) groups is 2. The predicted molar refractivity (Wildman–Crippen MR) is 187 cm³/mol. The first-order valence-electron chi connectivity index (χ1n) is 15.7. The van der Waals surface area contributed by atoms with Gasteiger partial charge in [0.2, 0.25) is 15.9 Å². The molecule has 2 aliphatic rings. The first-order chi connectivity index (χ1) is 23.4. The summed E-state index contributed by atoms with van der Waals surface area (Å²) in [6, 6.07) is 12.6. The molecule has 2 aromatic carbocycles. The molecule has 2 fully saturated rings. The van der Waals surface area contributed by atoms with Crippen LogP contribution in [0.4, 0.5) is 0 Å². The van der Waals surface area contributed by atoms with E-state index in [0.29, 0.717) is 35.2 Å². The molecule has 0 saturated carbocycles. The molecule has 2 aromatic heterocycles. The lowest BCUT2D eigenvalue weighted by Gasteiger charge is -2.37. The molecule has 3 N–H and O–H groups in total. The maximum Gasteiger partial charge on any atom is 0.272 e. The van der Waals surface area contributed by atoms with Crippen molar-refractivity contribution >= 4 is 61.8 Å². The number of aromatic nitrogens is 2. The van der Waals surface area contributed by atoms with Gasteiger partial charge in [0.1, 0.15) is 40.3 Å². The maximum absolute atomic E-state index is 14.1. The van der Waals surface area contributed by atoms with Crippen molar-refractivity contribution in [2.24, 2.45) is 5.73 Å². The molecule has 4 aromatic rings. The number of piperazine rings is 1. The van der Waals surface area contributed by atoms with Gasteiger partial charge < -0.3 is 20.3 Å². The molecule has 0 bridgehead atoms.